The summed E-state index contributed by atoms with van der Waals surface area (Å²) < 4.78 is 4.79. The minimum absolute atomic E-state index is 0.0155. The minimum Gasteiger partial charge on any atom is -0.465 e. The van der Waals surface area contributed by atoms with Crippen LogP contribution in [0.15, 0.2) is 18.2 Å². The number of anilines is 1. The molecule has 0 aliphatic rings. The molecule has 0 aliphatic carbocycles. The molecular weight excluding hydrogens is 250 g/mol. The van der Waals surface area contributed by atoms with Gasteiger partial charge in [0.05, 0.1) is 11.5 Å². The van der Waals surface area contributed by atoms with Gasteiger partial charge in [-0.2, -0.15) is 5.26 Å². The highest BCUT2D eigenvalue weighted by atomic mass is 16.6. The second kappa shape index (κ2) is 6.35. The third kappa shape index (κ3) is 3.67. The Kier molecular flexibility index (Phi) is 4.83. The first-order valence-electron chi connectivity index (χ1n) is 5.55. The summed E-state index contributed by atoms with van der Waals surface area (Å²) >= 11 is 0. The SMILES string of the molecule is CCOC(=O)CN(C)c1ccc(C#N)c([N+](=O)[O-])c1. The topological polar surface area (TPSA) is 96.5 Å². The van der Waals surface area contributed by atoms with Gasteiger partial charge in [-0.05, 0) is 19.1 Å². The van der Waals surface area contributed by atoms with Crippen LogP contribution in [0.4, 0.5) is 11.4 Å². The third-order valence-corrected chi connectivity index (χ3v) is 2.41. The lowest BCUT2D eigenvalue weighted by molar-refractivity contribution is -0.385. The van der Waals surface area contributed by atoms with Crippen molar-refractivity contribution in [3.63, 3.8) is 0 Å². The molecule has 19 heavy (non-hydrogen) atoms. The number of carbonyl (C=O) groups excluding carboxylic acids is 1. The zero-order valence-corrected chi connectivity index (χ0v) is 10.6. The molecule has 1 aromatic rings. The molecule has 0 saturated heterocycles. The van der Waals surface area contributed by atoms with Gasteiger partial charge in [0.2, 0.25) is 0 Å². The van der Waals surface area contributed by atoms with E-state index in [1.165, 1.54) is 17.0 Å². The smallest absolute Gasteiger partial charge is 0.325 e. The van der Waals surface area contributed by atoms with Gasteiger partial charge < -0.3 is 9.64 Å². The van der Waals surface area contributed by atoms with E-state index in [9.17, 15) is 14.9 Å². The molecule has 0 heterocycles. The average molecular weight is 263 g/mol. The Hall–Kier alpha value is -2.62. The van der Waals surface area contributed by atoms with Crippen LogP contribution >= 0.6 is 0 Å². The van der Waals surface area contributed by atoms with E-state index in [4.69, 9.17) is 10.00 Å². The molecule has 0 aromatic heterocycles. The highest BCUT2D eigenvalue weighted by Crippen LogP contribution is 2.24. The number of nitrogens with zero attached hydrogens (tertiary/aromatic N) is 3. The van der Waals surface area contributed by atoms with Gasteiger partial charge in [-0.25, -0.2) is 0 Å². The van der Waals surface area contributed by atoms with Crippen molar-refractivity contribution in [1.82, 2.24) is 0 Å². The number of hydrogen-bond acceptors (Lipinski definition) is 6. The number of nitro benzene ring substituents is 1. The van der Waals surface area contributed by atoms with E-state index in [0.717, 1.165) is 0 Å². The molecule has 0 fully saturated rings. The fourth-order valence-electron chi connectivity index (χ4n) is 1.49. The molecule has 0 spiro atoms. The molecule has 100 valence electrons. The van der Waals surface area contributed by atoms with Crippen LogP contribution in [0, 0.1) is 21.4 Å². The number of ether oxygens (including phenoxy) is 1. The van der Waals surface area contributed by atoms with E-state index in [1.807, 2.05) is 0 Å². The molecule has 0 N–H and O–H groups in total. The van der Waals surface area contributed by atoms with Crippen LogP contribution in [0.5, 0.6) is 0 Å². The molecule has 7 nitrogen and oxygen atoms in total. The summed E-state index contributed by atoms with van der Waals surface area (Å²) in [6.45, 7) is 1.96. The summed E-state index contributed by atoms with van der Waals surface area (Å²) in [6.07, 6.45) is 0. The van der Waals surface area contributed by atoms with E-state index >= 15 is 0 Å². The highest BCUT2D eigenvalue weighted by molar-refractivity contribution is 5.76. The number of nitriles is 1. The molecule has 0 atom stereocenters. The van der Waals surface area contributed by atoms with E-state index in [-0.39, 0.29) is 24.4 Å². The Bertz CT molecular complexity index is 536. The van der Waals surface area contributed by atoms with Gasteiger partial charge in [-0.1, -0.05) is 0 Å². The predicted octanol–water partition coefficient (Wildman–Crippen LogP) is 1.47. The number of esters is 1. The first kappa shape index (κ1) is 14.4. The largest absolute Gasteiger partial charge is 0.465 e. The van der Waals surface area contributed by atoms with Crippen molar-refractivity contribution in [3.8, 4) is 6.07 Å². The van der Waals surface area contributed by atoms with Gasteiger partial charge in [-0.15, -0.1) is 0 Å². The molecule has 0 amide bonds. The number of hydrogen-bond donors (Lipinski definition) is 0. The van der Waals surface area contributed by atoms with Crippen LogP contribution in [0.3, 0.4) is 0 Å². The number of benzene rings is 1. The maximum atomic E-state index is 11.3. The Morgan fingerprint density at radius 2 is 2.26 bits per heavy atom. The summed E-state index contributed by atoms with van der Waals surface area (Å²) in [5.41, 5.74) is 0.174. The van der Waals surface area contributed by atoms with Crippen LogP contribution in [0.25, 0.3) is 0 Å². The number of likely N-dealkylation sites (N-methyl/N-ethyl adjacent to an activating group) is 1. The monoisotopic (exact) mass is 263 g/mol. The summed E-state index contributed by atoms with van der Waals surface area (Å²) in [7, 11) is 1.61. The fraction of sp³-hybridized carbons (Fsp3) is 0.333. The summed E-state index contributed by atoms with van der Waals surface area (Å²) in [5.74, 6) is -0.419. The van der Waals surface area contributed by atoms with Crippen molar-refractivity contribution in [2.24, 2.45) is 0 Å². The average Bonchev–Trinajstić information content (AvgIpc) is 2.37. The Balaban J connectivity index is 2.96. The van der Waals surface area contributed by atoms with E-state index in [1.54, 1.807) is 26.1 Å². The second-order valence-corrected chi connectivity index (χ2v) is 3.73. The lowest BCUT2D eigenvalue weighted by Crippen LogP contribution is -2.27. The van der Waals surface area contributed by atoms with Crippen LogP contribution < -0.4 is 4.90 Å². The number of rotatable bonds is 5. The lowest BCUT2D eigenvalue weighted by Gasteiger charge is -2.17. The van der Waals surface area contributed by atoms with Crippen molar-refractivity contribution >= 4 is 17.3 Å². The minimum atomic E-state index is -0.625. The van der Waals surface area contributed by atoms with E-state index in [0.29, 0.717) is 5.69 Å². The number of carbonyl (C=O) groups is 1. The van der Waals surface area contributed by atoms with Gasteiger partial charge in [0.25, 0.3) is 5.69 Å². The fourth-order valence-corrected chi connectivity index (χ4v) is 1.49. The summed E-state index contributed by atoms with van der Waals surface area (Å²) in [4.78, 5) is 23.0. The molecule has 1 rings (SSSR count). The van der Waals surface area contributed by atoms with Gasteiger partial charge in [-0.3, -0.25) is 14.9 Å². The molecule has 7 heteroatoms. The van der Waals surface area contributed by atoms with E-state index < -0.39 is 10.9 Å². The van der Waals surface area contributed by atoms with Gasteiger partial charge in [0.1, 0.15) is 18.2 Å². The van der Waals surface area contributed by atoms with Crippen LogP contribution in [0.2, 0.25) is 0 Å². The molecule has 0 saturated carbocycles. The van der Waals surface area contributed by atoms with Crippen molar-refractivity contribution in [2.45, 2.75) is 6.92 Å². The third-order valence-electron chi connectivity index (χ3n) is 2.41. The molecule has 0 unspecified atom stereocenters. The maximum Gasteiger partial charge on any atom is 0.325 e. The Morgan fingerprint density at radius 3 is 2.79 bits per heavy atom. The van der Waals surface area contributed by atoms with Crippen molar-refractivity contribution in [1.29, 1.82) is 5.26 Å². The van der Waals surface area contributed by atoms with Gasteiger partial charge in [0.15, 0.2) is 0 Å². The van der Waals surface area contributed by atoms with Crippen molar-refractivity contribution in [2.75, 3.05) is 25.1 Å². The standard InChI is InChI=1S/C12H13N3O4/c1-3-19-12(16)8-14(2)10-5-4-9(7-13)11(6-10)15(17)18/h4-6H,3,8H2,1-2H3. The Morgan fingerprint density at radius 1 is 1.58 bits per heavy atom. The zero-order chi connectivity index (χ0) is 14.4. The van der Waals surface area contributed by atoms with Gasteiger partial charge in [0, 0.05) is 18.8 Å². The normalized spacial score (nSPS) is 9.53. The molecule has 1 aromatic carbocycles. The highest BCUT2D eigenvalue weighted by Gasteiger charge is 2.17. The summed E-state index contributed by atoms with van der Waals surface area (Å²) in [5, 5.41) is 19.6. The summed E-state index contributed by atoms with van der Waals surface area (Å²) in [6, 6.07) is 5.92. The first-order valence-corrected chi connectivity index (χ1v) is 5.55. The maximum absolute atomic E-state index is 11.3. The molecule has 0 aliphatic heterocycles. The predicted molar refractivity (Wildman–Crippen MR) is 67.7 cm³/mol. The van der Waals surface area contributed by atoms with Crippen LogP contribution in [0.1, 0.15) is 12.5 Å². The molecule has 0 bridgehead atoms. The lowest BCUT2D eigenvalue weighted by atomic mass is 10.1. The number of nitro groups is 1. The quantitative estimate of drug-likeness (QED) is 0.453. The van der Waals surface area contributed by atoms with Gasteiger partial charge >= 0.3 is 5.97 Å². The molecular formula is C12H13N3O4. The van der Waals surface area contributed by atoms with Crippen molar-refractivity contribution in [3.05, 3.63) is 33.9 Å². The van der Waals surface area contributed by atoms with Crippen LogP contribution in [-0.2, 0) is 9.53 Å². The second-order valence-electron chi connectivity index (χ2n) is 3.73. The Labute approximate surface area is 110 Å². The van der Waals surface area contributed by atoms with E-state index in [2.05, 4.69) is 0 Å². The zero-order valence-electron chi connectivity index (χ0n) is 10.6. The first-order chi connectivity index (χ1) is 8.99. The molecule has 0 radical (unpaired) electrons. The van der Waals surface area contributed by atoms with Crippen LogP contribution in [-0.4, -0.2) is 31.1 Å². The van der Waals surface area contributed by atoms with Crippen molar-refractivity contribution < 1.29 is 14.5 Å².